The van der Waals surface area contributed by atoms with E-state index in [4.69, 9.17) is 18.7 Å². The third-order valence-corrected chi connectivity index (χ3v) is 3.88. The largest absolute Gasteiger partial charge is 0.497 e. The molecule has 25 heavy (non-hydrogen) atoms. The van der Waals surface area contributed by atoms with Crippen LogP contribution in [0.15, 0.2) is 28.8 Å². The number of ether oxygens (including phenoxy) is 3. The number of methoxy groups -OCH3 is 1. The van der Waals surface area contributed by atoms with E-state index in [0.717, 1.165) is 17.7 Å². The first-order valence-electron chi connectivity index (χ1n) is 8.17. The summed E-state index contributed by atoms with van der Waals surface area (Å²) in [5, 5.41) is 6.80. The zero-order valence-corrected chi connectivity index (χ0v) is 14.1. The molecule has 1 saturated heterocycles. The Morgan fingerprint density at radius 3 is 2.92 bits per heavy atom. The molecule has 0 bridgehead atoms. The number of nitrogens with zero attached hydrogens (tertiary/aromatic N) is 2. The second kappa shape index (κ2) is 8.59. The average Bonchev–Trinajstić information content (AvgIpc) is 3.14. The van der Waals surface area contributed by atoms with E-state index in [-0.39, 0.29) is 25.2 Å². The third-order valence-electron chi connectivity index (χ3n) is 3.88. The Morgan fingerprint density at radius 1 is 1.36 bits per heavy atom. The maximum atomic E-state index is 11.9. The van der Waals surface area contributed by atoms with Crippen LogP contribution in [0.4, 0.5) is 0 Å². The fourth-order valence-electron chi connectivity index (χ4n) is 2.41. The number of amides is 1. The topological polar surface area (TPSA) is 95.7 Å². The molecule has 0 aliphatic carbocycles. The van der Waals surface area contributed by atoms with Crippen molar-refractivity contribution in [2.45, 2.75) is 25.4 Å². The highest BCUT2D eigenvalue weighted by Gasteiger charge is 2.16. The monoisotopic (exact) mass is 347 g/mol. The van der Waals surface area contributed by atoms with E-state index in [9.17, 15) is 4.79 Å². The summed E-state index contributed by atoms with van der Waals surface area (Å²) in [7, 11) is 1.61. The van der Waals surface area contributed by atoms with Gasteiger partial charge in [0.2, 0.25) is 17.6 Å². The lowest BCUT2D eigenvalue weighted by Crippen LogP contribution is -2.37. The number of hydrogen-bond acceptors (Lipinski definition) is 7. The minimum atomic E-state index is -0.0701. The predicted molar refractivity (Wildman–Crippen MR) is 87.9 cm³/mol. The molecule has 8 nitrogen and oxygen atoms in total. The molecule has 134 valence electrons. The lowest BCUT2D eigenvalue weighted by molar-refractivity contribution is -0.141. The van der Waals surface area contributed by atoms with E-state index in [0.29, 0.717) is 31.3 Å². The van der Waals surface area contributed by atoms with Gasteiger partial charge in [-0.1, -0.05) is 5.16 Å². The van der Waals surface area contributed by atoms with Crippen LogP contribution in [0.2, 0.25) is 0 Å². The van der Waals surface area contributed by atoms with Crippen LogP contribution >= 0.6 is 0 Å². The maximum absolute atomic E-state index is 11.9. The molecule has 2 aromatic rings. The normalized spacial score (nSPS) is 17.2. The molecule has 1 aliphatic rings. The summed E-state index contributed by atoms with van der Waals surface area (Å²) in [6, 6.07) is 7.37. The molecule has 1 fully saturated rings. The lowest BCUT2D eigenvalue weighted by Gasteiger charge is -2.22. The van der Waals surface area contributed by atoms with Crippen molar-refractivity contribution in [3.63, 3.8) is 0 Å². The van der Waals surface area contributed by atoms with Gasteiger partial charge in [0.1, 0.15) is 12.5 Å². The van der Waals surface area contributed by atoms with Gasteiger partial charge in [0.25, 0.3) is 0 Å². The van der Waals surface area contributed by atoms with E-state index in [1.165, 1.54) is 0 Å². The summed E-state index contributed by atoms with van der Waals surface area (Å²) >= 11 is 0. The van der Waals surface area contributed by atoms with E-state index >= 15 is 0 Å². The van der Waals surface area contributed by atoms with Gasteiger partial charge in [-0.15, -0.1) is 0 Å². The molecule has 0 saturated carbocycles. The molecule has 3 rings (SSSR count). The average molecular weight is 347 g/mol. The highest BCUT2D eigenvalue weighted by Crippen LogP contribution is 2.20. The number of carbonyl (C=O) groups is 1. The van der Waals surface area contributed by atoms with Crippen molar-refractivity contribution in [2.75, 3.05) is 27.1 Å². The van der Waals surface area contributed by atoms with E-state index in [1.807, 2.05) is 24.3 Å². The first-order chi connectivity index (χ1) is 12.2. The molecule has 1 N–H and O–H groups in total. The van der Waals surface area contributed by atoms with Crippen molar-refractivity contribution < 1.29 is 23.5 Å². The number of rotatable bonds is 7. The Hall–Kier alpha value is -2.45. The van der Waals surface area contributed by atoms with Crippen LogP contribution in [0.5, 0.6) is 5.75 Å². The van der Waals surface area contributed by atoms with Gasteiger partial charge in [-0.3, -0.25) is 4.79 Å². The van der Waals surface area contributed by atoms with Gasteiger partial charge in [-0.2, -0.15) is 4.98 Å². The van der Waals surface area contributed by atoms with Gasteiger partial charge in [0.05, 0.1) is 19.8 Å². The lowest BCUT2D eigenvalue weighted by atomic mass is 10.2. The van der Waals surface area contributed by atoms with Gasteiger partial charge in [0, 0.05) is 24.9 Å². The van der Waals surface area contributed by atoms with Gasteiger partial charge in [-0.05, 0) is 30.7 Å². The Labute approximate surface area is 145 Å². The molecule has 1 atom stereocenters. The summed E-state index contributed by atoms with van der Waals surface area (Å²) in [5.41, 5.74) is 0.830. The van der Waals surface area contributed by atoms with Crippen LogP contribution < -0.4 is 10.1 Å². The van der Waals surface area contributed by atoms with Crippen LogP contribution in [0.25, 0.3) is 11.4 Å². The van der Waals surface area contributed by atoms with Gasteiger partial charge in [0.15, 0.2) is 0 Å². The highest BCUT2D eigenvalue weighted by molar-refractivity contribution is 5.76. The number of aryl methyl sites for hydroxylation is 1. The summed E-state index contributed by atoms with van der Waals surface area (Å²) in [6.45, 7) is 1.44. The molecule has 1 aromatic heterocycles. The number of carbonyl (C=O) groups excluding carboxylic acids is 1. The number of nitrogens with one attached hydrogen (secondary N) is 1. The molecular formula is C17H21N3O5. The zero-order chi connectivity index (χ0) is 17.5. The van der Waals surface area contributed by atoms with Crippen LogP contribution in [0.3, 0.4) is 0 Å². The van der Waals surface area contributed by atoms with Crippen LogP contribution in [0, 0.1) is 0 Å². The van der Waals surface area contributed by atoms with Crippen LogP contribution in [-0.2, 0) is 20.7 Å². The van der Waals surface area contributed by atoms with Crippen molar-refractivity contribution in [3.05, 3.63) is 30.2 Å². The van der Waals surface area contributed by atoms with Gasteiger partial charge < -0.3 is 24.1 Å². The molecule has 1 aromatic carbocycles. The maximum Gasteiger partial charge on any atom is 0.227 e. The van der Waals surface area contributed by atoms with Crippen molar-refractivity contribution >= 4 is 5.91 Å². The second-order valence-electron chi connectivity index (χ2n) is 5.65. The van der Waals surface area contributed by atoms with Crippen molar-refractivity contribution in [1.82, 2.24) is 15.5 Å². The molecular weight excluding hydrogens is 326 g/mol. The van der Waals surface area contributed by atoms with Crippen molar-refractivity contribution in [2.24, 2.45) is 0 Å². The van der Waals surface area contributed by atoms with Crippen LogP contribution in [0.1, 0.15) is 18.7 Å². The fourth-order valence-corrected chi connectivity index (χ4v) is 2.41. The third kappa shape index (κ3) is 5.01. The summed E-state index contributed by atoms with van der Waals surface area (Å²) in [5.74, 6) is 1.62. The molecule has 1 aliphatic heterocycles. The number of benzene rings is 1. The van der Waals surface area contributed by atoms with E-state index < -0.39 is 0 Å². The standard InChI is InChI=1S/C17H21N3O5/c1-22-13-4-2-12(3-5-13)17-19-16(25-20-17)7-6-15(21)18-10-14-8-9-23-11-24-14/h2-5,14H,6-11H2,1H3,(H,18,21). The SMILES string of the molecule is COc1ccc(-c2noc(CCC(=O)NCC3CCOCO3)n2)cc1. The Bertz CT molecular complexity index is 680. The summed E-state index contributed by atoms with van der Waals surface area (Å²) < 4.78 is 20.8. The minimum Gasteiger partial charge on any atom is -0.497 e. The molecule has 1 amide bonds. The van der Waals surface area contributed by atoms with Gasteiger partial charge in [-0.25, -0.2) is 0 Å². The van der Waals surface area contributed by atoms with E-state index in [1.54, 1.807) is 7.11 Å². The second-order valence-corrected chi connectivity index (χ2v) is 5.65. The van der Waals surface area contributed by atoms with Gasteiger partial charge >= 0.3 is 0 Å². The molecule has 8 heteroatoms. The minimum absolute atomic E-state index is 0.0165. The molecule has 2 heterocycles. The quantitative estimate of drug-likeness (QED) is 0.812. The van der Waals surface area contributed by atoms with Crippen LogP contribution in [-0.4, -0.2) is 49.2 Å². The van der Waals surface area contributed by atoms with E-state index in [2.05, 4.69) is 15.5 Å². The summed E-state index contributed by atoms with van der Waals surface area (Å²) in [4.78, 5) is 16.2. The van der Waals surface area contributed by atoms with Crippen molar-refractivity contribution in [1.29, 1.82) is 0 Å². The Kier molecular flexibility index (Phi) is 5.97. The number of aromatic nitrogens is 2. The summed E-state index contributed by atoms with van der Waals surface area (Å²) in [6.07, 6.45) is 1.48. The predicted octanol–water partition coefficient (Wildman–Crippen LogP) is 1.56. The van der Waals surface area contributed by atoms with Crippen molar-refractivity contribution in [3.8, 4) is 17.1 Å². The highest BCUT2D eigenvalue weighted by atomic mass is 16.7. The first kappa shape index (κ1) is 17.4. The zero-order valence-electron chi connectivity index (χ0n) is 14.1. The molecule has 0 spiro atoms. The Balaban J connectivity index is 1.45. The number of hydrogen-bond donors (Lipinski definition) is 1. The first-order valence-corrected chi connectivity index (χ1v) is 8.17. The molecule has 1 unspecified atom stereocenters. The molecule has 0 radical (unpaired) electrons. The fraction of sp³-hybridized carbons (Fsp3) is 0.471. The Morgan fingerprint density at radius 2 is 2.20 bits per heavy atom. The smallest absolute Gasteiger partial charge is 0.227 e.